The van der Waals surface area contributed by atoms with Gasteiger partial charge >= 0.3 is 0 Å². The molecule has 1 aliphatic heterocycles. The van der Waals surface area contributed by atoms with E-state index in [1.807, 2.05) is 6.07 Å². The molecule has 1 fully saturated rings. The highest BCUT2D eigenvalue weighted by Gasteiger charge is 2.32. The average molecular weight is 299 g/mol. The molecule has 1 heterocycles. The van der Waals surface area contributed by atoms with Gasteiger partial charge in [-0.25, -0.2) is 0 Å². The second kappa shape index (κ2) is 5.40. The molecule has 3 unspecified atom stereocenters. The molecule has 1 aromatic carbocycles. The highest BCUT2D eigenvalue weighted by atomic mass is 79.9. The van der Waals surface area contributed by atoms with Gasteiger partial charge in [0.2, 0.25) is 0 Å². The van der Waals surface area contributed by atoms with Gasteiger partial charge in [-0.2, -0.15) is 0 Å². The van der Waals surface area contributed by atoms with E-state index in [2.05, 4.69) is 41.9 Å². The third-order valence-electron chi connectivity index (χ3n) is 3.42. The van der Waals surface area contributed by atoms with E-state index in [4.69, 9.17) is 9.47 Å². The van der Waals surface area contributed by atoms with E-state index in [1.165, 1.54) is 11.1 Å². The van der Waals surface area contributed by atoms with Gasteiger partial charge in [0.05, 0.1) is 18.0 Å². The highest BCUT2D eigenvalue weighted by Crippen LogP contribution is 2.41. The number of aryl methyl sites for hydroxylation is 1. The Morgan fingerprint density at radius 2 is 2.24 bits per heavy atom. The van der Waals surface area contributed by atoms with E-state index in [-0.39, 0.29) is 10.9 Å². The second-order valence-corrected chi connectivity index (χ2v) is 5.74. The van der Waals surface area contributed by atoms with Crippen molar-refractivity contribution in [2.24, 2.45) is 5.92 Å². The Labute approximate surface area is 111 Å². The van der Waals surface area contributed by atoms with E-state index >= 15 is 0 Å². The second-order valence-electron chi connectivity index (χ2n) is 4.75. The van der Waals surface area contributed by atoms with Gasteiger partial charge in [-0.05, 0) is 25.3 Å². The van der Waals surface area contributed by atoms with Crippen LogP contribution in [0.2, 0.25) is 0 Å². The lowest BCUT2D eigenvalue weighted by Gasteiger charge is -2.23. The predicted molar refractivity (Wildman–Crippen MR) is 72.9 cm³/mol. The fraction of sp³-hybridized carbons (Fsp3) is 0.571. The quantitative estimate of drug-likeness (QED) is 0.789. The number of benzene rings is 1. The molecule has 2 nitrogen and oxygen atoms in total. The summed E-state index contributed by atoms with van der Waals surface area (Å²) in [7, 11) is 1.72. The molecule has 1 aromatic rings. The van der Waals surface area contributed by atoms with Gasteiger partial charge in [0.25, 0.3) is 0 Å². The first-order valence-corrected chi connectivity index (χ1v) is 6.95. The zero-order valence-corrected chi connectivity index (χ0v) is 12.2. The summed E-state index contributed by atoms with van der Waals surface area (Å²) in [6.45, 7) is 5.21. The number of rotatable bonds is 3. The number of hydrogen-bond donors (Lipinski definition) is 0. The van der Waals surface area contributed by atoms with Crippen LogP contribution < -0.4 is 4.74 Å². The number of halogens is 1. The zero-order chi connectivity index (χ0) is 12.4. The maximum Gasteiger partial charge on any atom is 0.123 e. The zero-order valence-electron chi connectivity index (χ0n) is 10.6. The molecule has 17 heavy (non-hydrogen) atoms. The van der Waals surface area contributed by atoms with E-state index in [0.717, 1.165) is 18.8 Å². The summed E-state index contributed by atoms with van der Waals surface area (Å²) in [5.41, 5.74) is 2.43. The van der Waals surface area contributed by atoms with Gasteiger partial charge in [-0.3, -0.25) is 0 Å². The highest BCUT2D eigenvalue weighted by molar-refractivity contribution is 9.09. The van der Waals surface area contributed by atoms with Crippen LogP contribution in [0.4, 0.5) is 0 Å². The van der Waals surface area contributed by atoms with Crippen LogP contribution in [0, 0.1) is 12.8 Å². The molecule has 3 heteroatoms. The van der Waals surface area contributed by atoms with Gasteiger partial charge in [-0.15, -0.1) is 0 Å². The Hall–Kier alpha value is -0.540. The lowest BCUT2D eigenvalue weighted by atomic mass is 9.96. The fourth-order valence-electron chi connectivity index (χ4n) is 2.34. The minimum Gasteiger partial charge on any atom is -0.496 e. The van der Waals surface area contributed by atoms with Crippen molar-refractivity contribution in [3.63, 3.8) is 0 Å². The first-order valence-electron chi connectivity index (χ1n) is 6.03. The Bertz CT molecular complexity index is 392. The SMILES string of the molecule is COc1ccc(C)cc1C(Br)C1OCCC1C. The first kappa shape index (κ1) is 12.9. The van der Waals surface area contributed by atoms with Crippen LogP contribution in [0.15, 0.2) is 18.2 Å². The molecule has 0 aromatic heterocycles. The van der Waals surface area contributed by atoms with E-state index in [1.54, 1.807) is 7.11 Å². The molecule has 0 saturated carbocycles. The Kier molecular flexibility index (Phi) is 4.10. The molecule has 1 saturated heterocycles. The number of hydrogen-bond acceptors (Lipinski definition) is 2. The van der Waals surface area contributed by atoms with E-state index in [0.29, 0.717) is 5.92 Å². The van der Waals surface area contributed by atoms with Crippen molar-refractivity contribution in [1.29, 1.82) is 0 Å². The molecule has 1 aliphatic rings. The van der Waals surface area contributed by atoms with Crippen molar-refractivity contribution in [1.82, 2.24) is 0 Å². The van der Waals surface area contributed by atoms with Crippen molar-refractivity contribution < 1.29 is 9.47 Å². The van der Waals surface area contributed by atoms with Gasteiger partial charge < -0.3 is 9.47 Å². The predicted octanol–water partition coefficient (Wildman–Crippen LogP) is 3.86. The number of alkyl halides is 1. The summed E-state index contributed by atoms with van der Waals surface area (Å²) in [6.07, 6.45) is 1.38. The molecule has 0 N–H and O–H groups in total. The van der Waals surface area contributed by atoms with Crippen LogP contribution in [0.3, 0.4) is 0 Å². The van der Waals surface area contributed by atoms with Crippen LogP contribution in [0.5, 0.6) is 5.75 Å². The molecule has 2 rings (SSSR count). The Balaban J connectivity index is 2.28. The van der Waals surface area contributed by atoms with Crippen LogP contribution in [0.25, 0.3) is 0 Å². The summed E-state index contributed by atoms with van der Waals surface area (Å²) in [5.74, 6) is 1.52. The summed E-state index contributed by atoms with van der Waals surface area (Å²) < 4.78 is 11.2. The minimum atomic E-state index is 0.204. The maximum atomic E-state index is 5.82. The van der Waals surface area contributed by atoms with Gasteiger partial charge in [0, 0.05) is 12.2 Å². The molecule has 3 atom stereocenters. The summed E-state index contributed by atoms with van der Waals surface area (Å²) >= 11 is 3.77. The third kappa shape index (κ3) is 2.66. The van der Waals surface area contributed by atoms with Crippen LogP contribution in [0.1, 0.15) is 29.3 Å². The fourth-order valence-corrected chi connectivity index (χ4v) is 3.37. The largest absolute Gasteiger partial charge is 0.496 e. The minimum absolute atomic E-state index is 0.204. The number of ether oxygens (including phenoxy) is 2. The van der Waals surface area contributed by atoms with Crippen LogP contribution in [-0.4, -0.2) is 19.8 Å². The monoisotopic (exact) mass is 298 g/mol. The lowest BCUT2D eigenvalue weighted by Crippen LogP contribution is -2.19. The van der Waals surface area contributed by atoms with Gasteiger partial charge in [0.15, 0.2) is 0 Å². The normalized spacial score (nSPS) is 25.9. The molecule has 0 amide bonds. The standard InChI is InChI=1S/C14H19BrO2/c1-9-4-5-12(16-3)11(8-9)13(15)14-10(2)6-7-17-14/h4-5,8,10,13-14H,6-7H2,1-3H3. The topological polar surface area (TPSA) is 18.5 Å². The number of methoxy groups -OCH3 is 1. The van der Waals surface area contributed by atoms with E-state index < -0.39 is 0 Å². The molecule has 0 radical (unpaired) electrons. The smallest absolute Gasteiger partial charge is 0.123 e. The summed E-state index contributed by atoms with van der Waals surface area (Å²) in [4.78, 5) is 0.204. The Morgan fingerprint density at radius 1 is 1.47 bits per heavy atom. The lowest BCUT2D eigenvalue weighted by molar-refractivity contribution is 0.0929. The molecular weight excluding hydrogens is 280 g/mol. The Morgan fingerprint density at radius 3 is 2.82 bits per heavy atom. The first-order chi connectivity index (χ1) is 8.13. The van der Waals surface area contributed by atoms with E-state index in [9.17, 15) is 0 Å². The summed E-state index contributed by atoms with van der Waals surface area (Å²) in [6, 6.07) is 6.27. The van der Waals surface area contributed by atoms with Crippen molar-refractivity contribution in [2.45, 2.75) is 31.2 Å². The van der Waals surface area contributed by atoms with Crippen molar-refractivity contribution >= 4 is 15.9 Å². The maximum absolute atomic E-state index is 5.82. The van der Waals surface area contributed by atoms with Gasteiger partial charge in [-0.1, -0.05) is 40.5 Å². The van der Waals surface area contributed by atoms with Crippen molar-refractivity contribution in [2.75, 3.05) is 13.7 Å². The molecule has 0 spiro atoms. The molecule has 94 valence electrons. The van der Waals surface area contributed by atoms with Crippen LogP contribution in [-0.2, 0) is 4.74 Å². The average Bonchev–Trinajstić information content (AvgIpc) is 2.74. The molecule has 0 bridgehead atoms. The van der Waals surface area contributed by atoms with Crippen molar-refractivity contribution in [3.8, 4) is 5.75 Å². The summed E-state index contributed by atoms with van der Waals surface area (Å²) in [5, 5.41) is 0. The van der Waals surface area contributed by atoms with Crippen LogP contribution >= 0.6 is 15.9 Å². The molecular formula is C14H19BrO2. The third-order valence-corrected chi connectivity index (χ3v) is 4.43. The van der Waals surface area contributed by atoms with Gasteiger partial charge in [0.1, 0.15) is 5.75 Å². The molecule has 0 aliphatic carbocycles. The van der Waals surface area contributed by atoms with Crippen molar-refractivity contribution in [3.05, 3.63) is 29.3 Å².